The van der Waals surface area contributed by atoms with Crippen LogP contribution in [0.2, 0.25) is 0 Å². The summed E-state index contributed by atoms with van der Waals surface area (Å²) in [5.41, 5.74) is 1.20. The lowest BCUT2D eigenvalue weighted by Gasteiger charge is -2.29. The predicted molar refractivity (Wildman–Crippen MR) is 107 cm³/mol. The van der Waals surface area contributed by atoms with Gasteiger partial charge >= 0.3 is 0 Å². The molecule has 0 saturated carbocycles. The number of halogens is 1. The van der Waals surface area contributed by atoms with Crippen molar-refractivity contribution < 1.29 is 22.3 Å². The lowest BCUT2D eigenvalue weighted by atomic mass is 10.2. The minimum absolute atomic E-state index is 0.0914. The summed E-state index contributed by atoms with van der Waals surface area (Å²) in [5.74, 6) is -0.411. The standard InChI is InChI=1S/C20H25FN2O4S/c1-14-8-10-19(11-9-14)27-13-15(2)22-20(24)16(3)23(28(4,25)26)18-7-5-6-17(21)12-18/h5-12,15-16H,13H2,1-4H3,(H,22,24)/t15-,16-/m0/s1. The Morgan fingerprint density at radius 3 is 2.39 bits per heavy atom. The number of ether oxygens (including phenoxy) is 1. The summed E-state index contributed by atoms with van der Waals surface area (Å²) in [5, 5.41) is 2.73. The number of amides is 1. The minimum atomic E-state index is -3.80. The quantitative estimate of drug-likeness (QED) is 0.729. The normalized spacial score (nSPS) is 13.5. The third-order valence-electron chi connectivity index (χ3n) is 4.06. The van der Waals surface area contributed by atoms with Crippen molar-refractivity contribution >= 4 is 21.6 Å². The van der Waals surface area contributed by atoms with Crippen molar-refractivity contribution in [1.29, 1.82) is 0 Å². The van der Waals surface area contributed by atoms with Gasteiger partial charge in [-0.15, -0.1) is 0 Å². The third kappa shape index (κ3) is 5.95. The van der Waals surface area contributed by atoms with Crippen LogP contribution in [0.1, 0.15) is 19.4 Å². The molecule has 2 rings (SSSR count). The van der Waals surface area contributed by atoms with E-state index < -0.39 is 27.8 Å². The van der Waals surface area contributed by atoms with E-state index in [0.717, 1.165) is 22.2 Å². The third-order valence-corrected chi connectivity index (χ3v) is 5.30. The largest absolute Gasteiger partial charge is 0.491 e. The molecule has 28 heavy (non-hydrogen) atoms. The van der Waals surface area contributed by atoms with Gasteiger partial charge in [0.05, 0.1) is 18.0 Å². The van der Waals surface area contributed by atoms with E-state index in [-0.39, 0.29) is 18.3 Å². The first-order chi connectivity index (χ1) is 13.1. The lowest BCUT2D eigenvalue weighted by Crippen LogP contribution is -2.50. The number of carbonyl (C=O) groups is 1. The Morgan fingerprint density at radius 1 is 1.18 bits per heavy atom. The number of carbonyl (C=O) groups excluding carboxylic acids is 1. The molecule has 2 atom stereocenters. The average Bonchev–Trinajstić information content (AvgIpc) is 2.60. The number of hydrogen-bond donors (Lipinski definition) is 1. The average molecular weight is 408 g/mol. The Balaban J connectivity index is 2.04. The number of rotatable bonds is 8. The number of hydrogen-bond acceptors (Lipinski definition) is 4. The first-order valence-electron chi connectivity index (χ1n) is 8.82. The van der Waals surface area contributed by atoms with Crippen LogP contribution in [0.3, 0.4) is 0 Å². The molecule has 0 saturated heterocycles. The molecule has 1 N–H and O–H groups in total. The van der Waals surface area contributed by atoms with E-state index in [1.165, 1.54) is 25.1 Å². The second-order valence-electron chi connectivity index (χ2n) is 6.75. The van der Waals surface area contributed by atoms with Gasteiger partial charge in [-0.05, 0) is 51.1 Å². The van der Waals surface area contributed by atoms with Crippen LogP contribution < -0.4 is 14.4 Å². The Hall–Kier alpha value is -2.61. The molecule has 2 aromatic carbocycles. The zero-order valence-corrected chi connectivity index (χ0v) is 17.2. The van der Waals surface area contributed by atoms with Gasteiger partial charge < -0.3 is 10.1 Å². The van der Waals surface area contributed by atoms with Crippen molar-refractivity contribution in [3.05, 3.63) is 59.9 Å². The lowest BCUT2D eigenvalue weighted by molar-refractivity contribution is -0.122. The molecule has 0 aliphatic heterocycles. The molecule has 0 aliphatic carbocycles. The van der Waals surface area contributed by atoms with E-state index in [1.54, 1.807) is 6.92 Å². The van der Waals surface area contributed by atoms with Crippen molar-refractivity contribution in [3.63, 3.8) is 0 Å². The monoisotopic (exact) mass is 408 g/mol. The maximum Gasteiger partial charge on any atom is 0.243 e. The smallest absolute Gasteiger partial charge is 0.243 e. The molecular weight excluding hydrogens is 383 g/mol. The molecule has 2 aromatic rings. The maximum atomic E-state index is 13.5. The summed E-state index contributed by atoms with van der Waals surface area (Å²) in [4.78, 5) is 12.6. The summed E-state index contributed by atoms with van der Waals surface area (Å²) in [6, 6.07) is 11.2. The number of anilines is 1. The molecule has 0 spiro atoms. The molecule has 6 nitrogen and oxygen atoms in total. The summed E-state index contributed by atoms with van der Waals surface area (Å²) in [6.45, 7) is 5.40. The van der Waals surface area contributed by atoms with Gasteiger partial charge in [-0.2, -0.15) is 0 Å². The molecule has 152 valence electrons. The zero-order chi connectivity index (χ0) is 20.9. The van der Waals surface area contributed by atoms with E-state index in [1.807, 2.05) is 31.2 Å². The second kappa shape index (κ2) is 9.05. The van der Waals surface area contributed by atoms with Crippen molar-refractivity contribution in [1.82, 2.24) is 5.32 Å². The molecule has 0 radical (unpaired) electrons. The first kappa shape index (κ1) is 21.7. The Kier molecular flexibility index (Phi) is 7.01. The molecule has 0 aliphatic rings. The first-order valence-corrected chi connectivity index (χ1v) is 10.7. The number of sulfonamides is 1. The van der Waals surface area contributed by atoms with Crippen LogP contribution in [0.4, 0.5) is 10.1 Å². The van der Waals surface area contributed by atoms with Gasteiger partial charge in [-0.1, -0.05) is 23.8 Å². The molecule has 0 heterocycles. The van der Waals surface area contributed by atoms with Crippen molar-refractivity contribution in [3.8, 4) is 5.75 Å². The van der Waals surface area contributed by atoms with Crippen LogP contribution in [-0.2, 0) is 14.8 Å². The summed E-state index contributed by atoms with van der Waals surface area (Å²) < 4.78 is 44.5. The van der Waals surface area contributed by atoms with Crippen molar-refractivity contribution in [2.45, 2.75) is 32.9 Å². The van der Waals surface area contributed by atoms with Gasteiger partial charge in [0.25, 0.3) is 0 Å². The van der Waals surface area contributed by atoms with Gasteiger partial charge in [0.2, 0.25) is 15.9 Å². The van der Waals surface area contributed by atoms with Gasteiger partial charge in [0.1, 0.15) is 24.2 Å². The molecule has 0 bridgehead atoms. The van der Waals surface area contributed by atoms with Crippen LogP contribution in [-0.4, -0.2) is 39.3 Å². The van der Waals surface area contributed by atoms with Crippen LogP contribution in [0, 0.1) is 12.7 Å². The molecule has 8 heteroatoms. The maximum absolute atomic E-state index is 13.5. The van der Waals surface area contributed by atoms with Crippen molar-refractivity contribution in [2.24, 2.45) is 0 Å². The van der Waals surface area contributed by atoms with Crippen LogP contribution >= 0.6 is 0 Å². The van der Waals surface area contributed by atoms with Crippen LogP contribution in [0.25, 0.3) is 0 Å². The molecular formula is C20H25FN2O4S. The molecule has 0 unspecified atom stereocenters. The molecule has 0 fully saturated rings. The Morgan fingerprint density at radius 2 is 1.82 bits per heavy atom. The SMILES string of the molecule is Cc1ccc(OC[C@H](C)NC(=O)[C@H](C)N(c2cccc(F)c2)S(C)(=O)=O)cc1. The van der Waals surface area contributed by atoms with Gasteiger partial charge in [-0.25, -0.2) is 12.8 Å². The Bertz CT molecular complexity index is 916. The number of benzene rings is 2. The van der Waals surface area contributed by atoms with Crippen molar-refractivity contribution in [2.75, 3.05) is 17.2 Å². The van der Waals surface area contributed by atoms with E-state index in [2.05, 4.69) is 5.32 Å². The van der Waals surface area contributed by atoms with Gasteiger partial charge in [0, 0.05) is 0 Å². The number of nitrogens with one attached hydrogen (secondary N) is 1. The van der Waals surface area contributed by atoms with E-state index in [4.69, 9.17) is 4.74 Å². The van der Waals surface area contributed by atoms with Gasteiger partial charge in [0.15, 0.2) is 0 Å². The zero-order valence-electron chi connectivity index (χ0n) is 16.3. The summed E-state index contributed by atoms with van der Waals surface area (Å²) in [6.07, 6.45) is 0.978. The minimum Gasteiger partial charge on any atom is -0.491 e. The topological polar surface area (TPSA) is 75.7 Å². The van der Waals surface area contributed by atoms with E-state index in [0.29, 0.717) is 5.75 Å². The van der Waals surface area contributed by atoms with E-state index >= 15 is 0 Å². The predicted octanol–water partition coefficient (Wildman–Crippen LogP) is 2.87. The van der Waals surface area contributed by atoms with Crippen LogP contribution in [0.15, 0.2) is 48.5 Å². The summed E-state index contributed by atoms with van der Waals surface area (Å²) in [7, 11) is -3.80. The highest BCUT2D eigenvalue weighted by molar-refractivity contribution is 7.92. The second-order valence-corrected chi connectivity index (χ2v) is 8.61. The molecule has 1 amide bonds. The number of aryl methyl sites for hydroxylation is 1. The highest BCUT2D eigenvalue weighted by Crippen LogP contribution is 2.21. The fourth-order valence-corrected chi connectivity index (χ4v) is 3.85. The number of nitrogens with zero attached hydrogens (tertiary/aromatic N) is 1. The highest BCUT2D eigenvalue weighted by atomic mass is 32.2. The van der Waals surface area contributed by atoms with Gasteiger partial charge in [-0.3, -0.25) is 9.10 Å². The highest BCUT2D eigenvalue weighted by Gasteiger charge is 2.30. The van der Waals surface area contributed by atoms with Crippen LogP contribution in [0.5, 0.6) is 5.75 Å². The molecule has 0 aromatic heterocycles. The fraction of sp³-hybridized carbons (Fsp3) is 0.350. The Labute approximate surface area is 165 Å². The van der Waals surface area contributed by atoms with E-state index in [9.17, 15) is 17.6 Å². The fourth-order valence-electron chi connectivity index (χ4n) is 2.68. The summed E-state index contributed by atoms with van der Waals surface area (Å²) >= 11 is 0.